The lowest BCUT2D eigenvalue weighted by Gasteiger charge is -2.22. The summed E-state index contributed by atoms with van der Waals surface area (Å²) in [6.45, 7) is 0. The average Bonchev–Trinajstić information content (AvgIpc) is 3.45. The standard InChI is InChI=1S/C23H17FN6OS/c24-19-10-4-14(5-11-21-26-20(13-32-21)15-2-1-3-15)12-18(19)23(31)25-17-8-6-16(7-9-17)22-27-29-30-28-22/h4,6-10,12-13,15H,1-3H2,(H,25,31)(H,27,28,29,30). The van der Waals surface area contributed by atoms with Crippen molar-refractivity contribution in [3.8, 4) is 23.2 Å². The molecule has 2 N–H and O–H groups in total. The van der Waals surface area contributed by atoms with Crippen molar-refractivity contribution in [2.45, 2.75) is 25.2 Å². The number of nitrogens with zero attached hydrogens (tertiary/aromatic N) is 4. The van der Waals surface area contributed by atoms with Crippen molar-refractivity contribution in [2.75, 3.05) is 5.32 Å². The van der Waals surface area contributed by atoms with Crippen molar-refractivity contribution >= 4 is 22.9 Å². The van der Waals surface area contributed by atoms with Gasteiger partial charge in [-0.3, -0.25) is 4.79 Å². The Bertz CT molecular complexity index is 1320. The van der Waals surface area contributed by atoms with Gasteiger partial charge in [0, 0.05) is 28.1 Å². The minimum atomic E-state index is -0.613. The summed E-state index contributed by atoms with van der Waals surface area (Å²) in [4.78, 5) is 17.2. The lowest BCUT2D eigenvalue weighted by molar-refractivity contribution is 0.102. The molecule has 0 aliphatic heterocycles. The monoisotopic (exact) mass is 444 g/mol. The maximum atomic E-state index is 14.3. The second-order valence-corrected chi connectivity index (χ2v) is 8.27. The average molecular weight is 444 g/mol. The fourth-order valence-electron chi connectivity index (χ4n) is 3.32. The first-order chi connectivity index (χ1) is 15.7. The molecular weight excluding hydrogens is 427 g/mol. The molecule has 4 aromatic rings. The number of thiazole rings is 1. The molecule has 158 valence electrons. The largest absolute Gasteiger partial charge is 0.322 e. The molecule has 0 saturated heterocycles. The van der Waals surface area contributed by atoms with E-state index in [4.69, 9.17) is 0 Å². The fourth-order valence-corrected chi connectivity index (χ4v) is 4.07. The summed E-state index contributed by atoms with van der Waals surface area (Å²) in [5.41, 5.74) is 2.83. The van der Waals surface area contributed by atoms with E-state index in [-0.39, 0.29) is 5.56 Å². The van der Waals surface area contributed by atoms with Gasteiger partial charge in [-0.2, -0.15) is 5.21 Å². The Hall–Kier alpha value is -3.90. The van der Waals surface area contributed by atoms with Gasteiger partial charge in [0.2, 0.25) is 5.82 Å². The molecule has 2 aromatic carbocycles. The van der Waals surface area contributed by atoms with Crippen LogP contribution >= 0.6 is 11.3 Å². The highest BCUT2D eigenvalue weighted by Gasteiger charge is 2.21. The smallest absolute Gasteiger partial charge is 0.258 e. The Morgan fingerprint density at radius 1 is 1.16 bits per heavy atom. The van der Waals surface area contributed by atoms with E-state index in [2.05, 4.69) is 48.1 Å². The number of amides is 1. The van der Waals surface area contributed by atoms with Gasteiger partial charge in [-0.05, 0) is 66.4 Å². The number of aromatic nitrogens is 5. The van der Waals surface area contributed by atoms with E-state index in [0.717, 1.165) is 16.3 Å². The lowest BCUT2D eigenvalue weighted by Crippen LogP contribution is -2.14. The normalized spacial score (nSPS) is 13.2. The number of nitrogens with one attached hydrogen (secondary N) is 2. The lowest BCUT2D eigenvalue weighted by atomic mass is 9.83. The van der Waals surface area contributed by atoms with Crippen molar-refractivity contribution < 1.29 is 9.18 Å². The highest BCUT2D eigenvalue weighted by atomic mass is 32.1. The van der Waals surface area contributed by atoms with E-state index < -0.39 is 11.7 Å². The van der Waals surface area contributed by atoms with Crippen LogP contribution in [0, 0.1) is 17.7 Å². The van der Waals surface area contributed by atoms with Gasteiger partial charge in [-0.25, -0.2) is 9.37 Å². The third-order valence-electron chi connectivity index (χ3n) is 5.32. The zero-order valence-corrected chi connectivity index (χ0v) is 17.6. The molecular formula is C23H17FN6OS. The number of tetrazole rings is 1. The summed E-state index contributed by atoms with van der Waals surface area (Å²) in [6.07, 6.45) is 3.63. The molecule has 7 nitrogen and oxygen atoms in total. The van der Waals surface area contributed by atoms with Gasteiger partial charge < -0.3 is 5.32 Å². The molecule has 2 aromatic heterocycles. The third-order valence-corrected chi connectivity index (χ3v) is 6.09. The summed E-state index contributed by atoms with van der Waals surface area (Å²) >= 11 is 1.51. The molecule has 0 atom stereocenters. The van der Waals surface area contributed by atoms with E-state index in [1.54, 1.807) is 30.3 Å². The van der Waals surface area contributed by atoms with Crippen LogP contribution in [0.4, 0.5) is 10.1 Å². The first-order valence-corrected chi connectivity index (χ1v) is 11.0. The maximum Gasteiger partial charge on any atom is 0.258 e. The first kappa shape index (κ1) is 20.0. The van der Waals surface area contributed by atoms with Crippen LogP contribution in [-0.2, 0) is 0 Å². The second-order valence-electron chi connectivity index (χ2n) is 7.42. The molecule has 1 saturated carbocycles. The quantitative estimate of drug-likeness (QED) is 0.455. The van der Waals surface area contributed by atoms with Gasteiger partial charge >= 0.3 is 0 Å². The highest BCUT2D eigenvalue weighted by molar-refractivity contribution is 7.10. The van der Waals surface area contributed by atoms with Gasteiger partial charge in [0.1, 0.15) is 5.82 Å². The predicted octanol–water partition coefficient (Wildman–Crippen LogP) is 4.38. The van der Waals surface area contributed by atoms with Crippen LogP contribution < -0.4 is 5.32 Å². The van der Waals surface area contributed by atoms with Crippen molar-refractivity contribution in [2.24, 2.45) is 0 Å². The van der Waals surface area contributed by atoms with Gasteiger partial charge in [-0.15, -0.1) is 21.5 Å². The molecule has 1 fully saturated rings. The van der Waals surface area contributed by atoms with Gasteiger partial charge in [-0.1, -0.05) is 12.3 Å². The summed E-state index contributed by atoms with van der Waals surface area (Å²) in [7, 11) is 0. The highest BCUT2D eigenvalue weighted by Crippen LogP contribution is 2.36. The number of rotatable bonds is 4. The molecule has 9 heteroatoms. The minimum absolute atomic E-state index is 0.0756. The number of hydrogen-bond acceptors (Lipinski definition) is 6. The number of carbonyl (C=O) groups excluding carboxylic acids is 1. The van der Waals surface area contributed by atoms with Crippen molar-refractivity contribution in [3.63, 3.8) is 0 Å². The van der Waals surface area contributed by atoms with Gasteiger partial charge in [0.25, 0.3) is 5.91 Å². The fraction of sp³-hybridized carbons (Fsp3) is 0.174. The molecule has 0 spiro atoms. The molecule has 0 unspecified atom stereocenters. The SMILES string of the molecule is O=C(Nc1ccc(-c2nn[nH]n2)cc1)c1cc(C#Cc2nc(C3CCC3)cs2)ccc1F. The van der Waals surface area contributed by atoms with Crippen LogP contribution in [0.2, 0.25) is 0 Å². The predicted molar refractivity (Wildman–Crippen MR) is 119 cm³/mol. The Balaban J connectivity index is 1.30. The molecule has 1 aliphatic carbocycles. The molecule has 0 radical (unpaired) electrons. The van der Waals surface area contributed by atoms with Crippen molar-refractivity contribution in [3.05, 3.63) is 75.5 Å². The molecule has 1 amide bonds. The summed E-state index contributed by atoms with van der Waals surface area (Å²) in [5, 5.41) is 19.2. The maximum absolute atomic E-state index is 14.3. The van der Waals surface area contributed by atoms with Crippen LogP contribution in [0.1, 0.15) is 51.8 Å². The van der Waals surface area contributed by atoms with Crippen molar-refractivity contribution in [1.29, 1.82) is 0 Å². The number of benzene rings is 2. The van der Waals surface area contributed by atoms with Crippen LogP contribution in [-0.4, -0.2) is 31.5 Å². The number of aromatic amines is 1. The topological polar surface area (TPSA) is 96.5 Å². The van der Waals surface area contributed by atoms with E-state index in [0.29, 0.717) is 23.0 Å². The summed E-state index contributed by atoms with van der Waals surface area (Å²) in [6, 6.07) is 11.1. The molecule has 5 rings (SSSR count). The Morgan fingerprint density at radius 3 is 2.72 bits per heavy atom. The molecule has 32 heavy (non-hydrogen) atoms. The third kappa shape index (κ3) is 4.26. The van der Waals surface area contributed by atoms with E-state index in [9.17, 15) is 9.18 Å². The summed E-state index contributed by atoms with van der Waals surface area (Å²) < 4.78 is 14.3. The minimum Gasteiger partial charge on any atom is -0.322 e. The number of carbonyl (C=O) groups is 1. The summed E-state index contributed by atoms with van der Waals surface area (Å²) in [5.74, 6) is 5.85. The van der Waals surface area contributed by atoms with Crippen molar-refractivity contribution in [1.82, 2.24) is 25.6 Å². The Kier molecular flexibility index (Phi) is 5.44. The Labute approximate surface area is 187 Å². The van der Waals surface area contributed by atoms with Gasteiger partial charge in [0.05, 0.1) is 11.3 Å². The number of hydrogen-bond donors (Lipinski definition) is 2. The van der Waals surface area contributed by atoms with Crippen LogP contribution in [0.5, 0.6) is 0 Å². The second kappa shape index (κ2) is 8.69. The van der Waals surface area contributed by atoms with E-state index in [1.165, 1.54) is 42.7 Å². The molecule has 1 aliphatic rings. The number of halogens is 1. The Morgan fingerprint density at radius 2 is 2.00 bits per heavy atom. The van der Waals surface area contributed by atoms with E-state index in [1.807, 2.05) is 0 Å². The molecule has 2 heterocycles. The number of H-pyrrole nitrogens is 1. The number of anilines is 1. The van der Waals surface area contributed by atoms with E-state index >= 15 is 0 Å². The zero-order chi connectivity index (χ0) is 21.9. The van der Waals surface area contributed by atoms with Gasteiger partial charge in [0.15, 0.2) is 5.01 Å². The first-order valence-electron chi connectivity index (χ1n) is 10.1. The zero-order valence-electron chi connectivity index (χ0n) is 16.8. The molecule has 0 bridgehead atoms. The van der Waals surface area contributed by atoms with Crippen LogP contribution in [0.25, 0.3) is 11.4 Å². The van der Waals surface area contributed by atoms with Crippen LogP contribution in [0.15, 0.2) is 47.8 Å². The van der Waals surface area contributed by atoms with Crippen LogP contribution in [0.3, 0.4) is 0 Å².